The third-order valence-corrected chi connectivity index (χ3v) is 5.28. The summed E-state index contributed by atoms with van der Waals surface area (Å²) in [6, 6.07) is 4.63. The number of morpholine rings is 1. The first kappa shape index (κ1) is 21.3. The number of carbonyl (C=O) groups excluding carboxylic acids is 2. The number of ether oxygens (including phenoxy) is 2. The van der Waals surface area contributed by atoms with Gasteiger partial charge in [0, 0.05) is 20.0 Å². The number of nitrogens with one attached hydrogen (secondary N) is 1. The molecule has 1 aromatic rings. The van der Waals surface area contributed by atoms with Gasteiger partial charge in [0.05, 0.1) is 37.7 Å². The standard InChI is InChI=1S/C20H28FN3O5/c1-3-6-20(13-25)12-23(7-8-28-20)18-5-4-15(9-17(18)21)24-11-16(29-19(24)27)10-22-14(2)26/h4-5,9,16,25H,3,6-8,10-13H2,1-2H3,(H,22,26)/t16-,20?/m0/s1. The summed E-state index contributed by atoms with van der Waals surface area (Å²) in [7, 11) is 0. The molecule has 0 saturated carbocycles. The van der Waals surface area contributed by atoms with Crippen molar-refractivity contribution in [1.82, 2.24) is 5.32 Å². The summed E-state index contributed by atoms with van der Waals surface area (Å²) in [4.78, 5) is 26.4. The Bertz CT molecular complexity index is 758. The first-order chi connectivity index (χ1) is 13.9. The fourth-order valence-corrected chi connectivity index (χ4v) is 3.85. The van der Waals surface area contributed by atoms with Gasteiger partial charge in [-0.2, -0.15) is 0 Å². The van der Waals surface area contributed by atoms with Crippen molar-refractivity contribution in [3.63, 3.8) is 0 Å². The number of nitrogens with zero attached hydrogens (tertiary/aromatic N) is 2. The van der Waals surface area contributed by atoms with Crippen LogP contribution in [0.4, 0.5) is 20.6 Å². The molecule has 2 amide bonds. The summed E-state index contributed by atoms with van der Waals surface area (Å²) in [5.41, 5.74) is 0.124. The second-order valence-electron chi connectivity index (χ2n) is 7.55. The largest absolute Gasteiger partial charge is 0.442 e. The Morgan fingerprint density at radius 1 is 1.45 bits per heavy atom. The second kappa shape index (κ2) is 8.96. The van der Waals surface area contributed by atoms with E-state index in [4.69, 9.17) is 9.47 Å². The maximum absolute atomic E-state index is 14.9. The number of anilines is 2. The average molecular weight is 409 g/mol. The molecule has 29 heavy (non-hydrogen) atoms. The lowest BCUT2D eigenvalue weighted by atomic mass is 9.96. The minimum atomic E-state index is -0.687. The molecular weight excluding hydrogens is 381 g/mol. The molecule has 1 aromatic carbocycles. The molecule has 2 atom stereocenters. The molecule has 0 aromatic heterocycles. The quantitative estimate of drug-likeness (QED) is 0.712. The van der Waals surface area contributed by atoms with E-state index in [0.29, 0.717) is 37.5 Å². The van der Waals surface area contributed by atoms with E-state index in [-0.39, 0.29) is 25.6 Å². The number of amides is 2. The van der Waals surface area contributed by atoms with Gasteiger partial charge in [-0.15, -0.1) is 0 Å². The third-order valence-electron chi connectivity index (χ3n) is 5.28. The summed E-state index contributed by atoms with van der Waals surface area (Å²) >= 11 is 0. The van der Waals surface area contributed by atoms with Crippen molar-refractivity contribution in [2.75, 3.05) is 49.2 Å². The SMILES string of the molecule is CCCC1(CO)CN(c2ccc(N3C[C@H](CNC(C)=O)OC3=O)cc2F)CCO1. The minimum Gasteiger partial charge on any atom is -0.442 e. The van der Waals surface area contributed by atoms with Gasteiger partial charge in [-0.1, -0.05) is 13.3 Å². The van der Waals surface area contributed by atoms with E-state index in [2.05, 4.69) is 5.32 Å². The van der Waals surface area contributed by atoms with Crippen molar-refractivity contribution in [3.05, 3.63) is 24.0 Å². The first-order valence-electron chi connectivity index (χ1n) is 9.89. The molecule has 2 fully saturated rings. The number of aliphatic hydroxyl groups excluding tert-OH is 1. The Morgan fingerprint density at radius 3 is 2.90 bits per heavy atom. The lowest BCUT2D eigenvalue weighted by molar-refractivity contribution is -0.119. The summed E-state index contributed by atoms with van der Waals surface area (Å²) in [6.45, 7) is 5.07. The predicted molar refractivity (Wildman–Crippen MR) is 106 cm³/mol. The highest BCUT2D eigenvalue weighted by atomic mass is 19.1. The zero-order valence-electron chi connectivity index (χ0n) is 16.8. The number of aliphatic hydroxyl groups is 1. The molecule has 2 saturated heterocycles. The van der Waals surface area contributed by atoms with Gasteiger partial charge in [0.1, 0.15) is 17.5 Å². The zero-order valence-corrected chi connectivity index (χ0v) is 16.8. The van der Waals surface area contributed by atoms with Crippen molar-refractivity contribution in [3.8, 4) is 0 Å². The van der Waals surface area contributed by atoms with Crippen LogP contribution in [0, 0.1) is 5.82 Å². The Hall–Kier alpha value is -2.39. The van der Waals surface area contributed by atoms with Crippen LogP contribution in [0.1, 0.15) is 26.7 Å². The fourth-order valence-electron chi connectivity index (χ4n) is 3.85. The van der Waals surface area contributed by atoms with E-state index >= 15 is 0 Å². The number of hydrogen-bond donors (Lipinski definition) is 2. The van der Waals surface area contributed by atoms with E-state index in [1.54, 1.807) is 12.1 Å². The summed E-state index contributed by atoms with van der Waals surface area (Å²) in [5.74, 6) is -0.659. The summed E-state index contributed by atoms with van der Waals surface area (Å²) in [5, 5.41) is 12.4. The van der Waals surface area contributed by atoms with Crippen LogP contribution in [0.5, 0.6) is 0 Å². The van der Waals surface area contributed by atoms with Crippen molar-refractivity contribution in [2.45, 2.75) is 38.4 Å². The van der Waals surface area contributed by atoms with Gasteiger partial charge in [0.15, 0.2) is 0 Å². The molecule has 2 aliphatic heterocycles. The second-order valence-corrected chi connectivity index (χ2v) is 7.55. The Balaban J connectivity index is 1.72. The molecule has 3 rings (SSSR count). The van der Waals surface area contributed by atoms with Gasteiger partial charge in [0.2, 0.25) is 5.91 Å². The van der Waals surface area contributed by atoms with Gasteiger partial charge in [0.25, 0.3) is 0 Å². The number of halogens is 1. The topological polar surface area (TPSA) is 91.3 Å². The normalized spacial score (nSPS) is 24.6. The highest BCUT2D eigenvalue weighted by Gasteiger charge is 2.37. The Labute approximate surface area is 169 Å². The summed E-state index contributed by atoms with van der Waals surface area (Å²) < 4.78 is 26.0. The Morgan fingerprint density at radius 2 is 2.24 bits per heavy atom. The van der Waals surface area contributed by atoms with Crippen LogP contribution in [-0.4, -0.2) is 68.2 Å². The van der Waals surface area contributed by atoms with Gasteiger partial charge in [-0.3, -0.25) is 9.69 Å². The average Bonchev–Trinajstić information content (AvgIpc) is 3.07. The molecule has 0 bridgehead atoms. The third kappa shape index (κ3) is 4.79. The monoisotopic (exact) mass is 409 g/mol. The van der Waals surface area contributed by atoms with Crippen molar-refractivity contribution in [1.29, 1.82) is 0 Å². The molecule has 9 heteroatoms. The molecule has 8 nitrogen and oxygen atoms in total. The van der Waals surface area contributed by atoms with Gasteiger partial charge >= 0.3 is 6.09 Å². The number of carbonyl (C=O) groups is 2. The number of rotatable bonds is 7. The van der Waals surface area contributed by atoms with E-state index in [9.17, 15) is 19.1 Å². The maximum atomic E-state index is 14.9. The molecule has 2 aliphatic rings. The van der Waals surface area contributed by atoms with Crippen LogP contribution >= 0.6 is 0 Å². The van der Waals surface area contributed by atoms with Gasteiger partial charge < -0.3 is 24.8 Å². The molecular formula is C20H28FN3O5. The molecule has 160 valence electrons. The predicted octanol–water partition coefficient (Wildman–Crippen LogP) is 1.65. The molecule has 2 heterocycles. The highest BCUT2D eigenvalue weighted by Crippen LogP contribution is 2.31. The van der Waals surface area contributed by atoms with Crippen LogP contribution in [-0.2, 0) is 14.3 Å². The van der Waals surface area contributed by atoms with Gasteiger partial charge in [-0.25, -0.2) is 9.18 Å². The summed E-state index contributed by atoms with van der Waals surface area (Å²) in [6.07, 6.45) is 0.496. The number of benzene rings is 1. The zero-order chi connectivity index (χ0) is 21.0. The van der Waals surface area contributed by atoms with E-state index < -0.39 is 23.6 Å². The first-order valence-corrected chi connectivity index (χ1v) is 9.89. The highest BCUT2D eigenvalue weighted by molar-refractivity contribution is 5.90. The lowest BCUT2D eigenvalue weighted by Crippen LogP contribution is -2.54. The fraction of sp³-hybridized carbons (Fsp3) is 0.600. The number of cyclic esters (lactones) is 1. The number of hydrogen-bond acceptors (Lipinski definition) is 6. The Kier molecular flexibility index (Phi) is 6.59. The molecule has 0 aliphatic carbocycles. The van der Waals surface area contributed by atoms with Crippen molar-refractivity contribution >= 4 is 23.4 Å². The molecule has 1 unspecified atom stereocenters. The molecule has 0 spiro atoms. The van der Waals surface area contributed by atoms with Crippen LogP contribution in [0.25, 0.3) is 0 Å². The van der Waals surface area contributed by atoms with E-state index in [0.717, 1.165) is 6.42 Å². The van der Waals surface area contributed by atoms with Crippen LogP contribution in [0.3, 0.4) is 0 Å². The van der Waals surface area contributed by atoms with Crippen LogP contribution in [0.2, 0.25) is 0 Å². The lowest BCUT2D eigenvalue weighted by Gasteiger charge is -2.43. The van der Waals surface area contributed by atoms with E-state index in [1.165, 1.54) is 17.9 Å². The smallest absolute Gasteiger partial charge is 0.414 e. The minimum absolute atomic E-state index is 0.119. The van der Waals surface area contributed by atoms with Crippen molar-refractivity contribution in [2.24, 2.45) is 0 Å². The van der Waals surface area contributed by atoms with E-state index in [1.807, 2.05) is 11.8 Å². The van der Waals surface area contributed by atoms with Crippen LogP contribution in [0.15, 0.2) is 18.2 Å². The van der Waals surface area contributed by atoms with Crippen molar-refractivity contribution < 1.29 is 28.6 Å². The van der Waals surface area contributed by atoms with Gasteiger partial charge in [-0.05, 0) is 24.6 Å². The van der Waals surface area contributed by atoms with Crippen LogP contribution < -0.4 is 15.1 Å². The maximum Gasteiger partial charge on any atom is 0.414 e. The molecule has 2 N–H and O–H groups in total. The molecule has 0 radical (unpaired) electrons.